The molecule has 2 saturated heterocycles. The lowest BCUT2D eigenvalue weighted by atomic mass is 9.89. The van der Waals surface area contributed by atoms with Crippen molar-refractivity contribution < 1.29 is 4.74 Å². The zero-order valence-electron chi connectivity index (χ0n) is 8.06. The second kappa shape index (κ2) is 3.17. The first kappa shape index (κ1) is 8.61. The lowest BCUT2D eigenvalue weighted by Gasteiger charge is -2.14. The van der Waals surface area contributed by atoms with Crippen LogP contribution >= 0.6 is 11.5 Å². The second-order valence-corrected chi connectivity index (χ2v) is 4.68. The molecule has 0 aliphatic carbocycles. The van der Waals surface area contributed by atoms with Crippen molar-refractivity contribution in [3.05, 3.63) is 5.82 Å². The van der Waals surface area contributed by atoms with Crippen LogP contribution in [0.4, 0.5) is 5.13 Å². The Hall–Kier alpha value is -0.680. The molecule has 5 heteroatoms. The van der Waals surface area contributed by atoms with Crippen LogP contribution < -0.4 is 5.32 Å². The first-order valence-corrected chi connectivity index (χ1v) is 5.81. The van der Waals surface area contributed by atoms with E-state index in [0.29, 0.717) is 18.1 Å². The Morgan fingerprint density at radius 3 is 3.00 bits per heavy atom. The largest absolute Gasteiger partial charge is 0.374 e. The maximum absolute atomic E-state index is 5.79. The summed E-state index contributed by atoms with van der Waals surface area (Å²) >= 11 is 1.44. The Bertz CT molecular complexity index is 341. The van der Waals surface area contributed by atoms with E-state index in [2.05, 4.69) is 14.7 Å². The zero-order chi connectivity index (χ0) is 9.54. The summed E-state index contributed by atoms with van der Waals surface area (Å²) in [5.41, 5.74) is 0. The van der Waals surface area contributed by atoms with Crippen LogP contribution in [-0.4, -0.2) is 28.6 Å². The van der Waals surface area contributed by atoms with Crippen LogP contribution in [0.25, 0.3) is 0 Å². The van der Waals surface area contributed by atoms with Gasteiger partial charge in [-0.25, -0.2) is 4.98 Å². The van der Waals surface area contributed by atoms with E-state index in [0.717, 1.165) is 17.4 Å². The maximum Gasteiger partial charge on any atom is 0.202 e. The summed E-state index contributed by atoms with van der Waals surface area (Å²) in [6, 6.07) is 0. The van der Waals surface area contributed by atoms with Crippen molar-refractivity contribution in [3.8, 4) is 0 Å². The molecule has 3 atom stereocenters. The first-order chi connectivity index (χ1) is 6.86. The van der Waals surface area contributed by atoms with Gasteiger partial charge in [-0.3, -0.25) is 0 Å². The van der Waals surface area contributed by atoms with Gasteiger partial charge in [-0.05, 0) is 19.3 Å². The van der Waals surface area contributed by atoms with Gasteiger partial charge in [-0.15, -0.1) is 0 Å². The number of rotatable bonds is 2. The summed E-state index contributed by atoms with van der Waals surface area (Å²) in [6.07, 6.45) is 4.39. The third-order valence-electron chi connectivity index (χ3n) is 3.09. The SMILES string of the molecule is CNc1nc(C2CC3CCC2O3)ns1. The molecular weight excluding hydrogens is 198 g/mol. The van der Waals surface area contributed by atoms with Crippen LogP contribution in [0.1, 0.15) is 31.0 Å². The molecule has 3 unspecified atom stereocenters. The van der Waals surface area contributed by atoms with Crippen molar-refractivity contribution in [2.75, 3.05) is 12.4 Å². The quantitative estimate of drug-likeness (QED) is 0.807. The van der Waals surface area contributed by atoms with Gasteiger partial charge in [0.2, 0.25) is 5.13 Å². The molecule has 3 heterocycles. The molecule has 2 bridgehead atoms. The Morgan fingerprint density at radius 2 is 2.43 bits per heavy atom. The molecule has 0 aromatic carbocycles. The van der Waals surface area contributed by atoms with Gasteiger partial charge in [-0.2, -0.15) is 4.37 Å². The molecule has 76 valence electrons. The number of anilines is 1. The molecule has 0 saturated carbocycles. The monoisotopic (exact) mass is 211 g/mol. The zero-order valence-corrected chi connectivity index (χ0v) is 8.88. The van der Waals surface area contributed by atoms with Crippen molar-refractivity contribution in [1.82, 2.24) is 9.36 Å². The Kier molecular flexibility index (Phi) is 1.95. The summed E-state index contributed by atoms with van der Waals surface area (Å²) in [7, 11) is 1.88. The number of hydrogen-bond acceptors (Lipinski definition) is 5. The molecule has 4 nitrogen and oxygen atoms in total. The van der Waals surface area contributed by atoms with Crippen LogP contribution in [0.2, 0.25) is 0 Å². The summed E-state index contributed by atoms with van der Waals surface area (Å²) < 4.78 is 10.2. The Balaban J connectivity index is 1.82. The number of nitrogens with one attached hydrogen (secondary N) is 1. The molecule has 1 aromatic rings. The fourth-order valence-electron chi connectivity index (χ4n) is 2.40. The van der Waals surface area contributed by atoms with Crippen molar-refractivity contribution >= 4 is 16.7 Å². The molecule has 3 rings (SSSR count). The van der Waals surface area contributed by atoms with E-state index in [9.17, 15) is 0 Å². The molecule has 1 aromatic heterocycles. The van der Waals surface area contributed by atoms with Crippen LogP contribution in [0.5, 0.6) is 0 Å². The summed E-state index contributed by atoms with van der Waals surface area (Å²) in [5, 5.41) is 3.92. The molecule has 0 amide bonds. The highest BCUT2D eigenvalue weighted by Crippen LogP contribution is 2.43. The highest BCUT2D eigenvalue weighted by Gasteiger charge is 2.43. The average Bonchev–Trinajstić information content (AvgIpc) is 2.93. The highest BCUT2D eigenvalue weighted by molar-refractivity contribution is 7.09. The molecule has 14 heavy (non-hydrogen) atoms. The van der Waals surface area contributed by atoms with Crippen molar-refractivity contribution in [3.63, 3.8) is 0 Å². The van der Waals surface area contributed by atoms with Crippen LogP contribution in [0.3, 0.4) is 0 Å². The molecular formula is C9H13N3OS. The van der Waals surface area contributed by atoms with E-state index >= 15 is 0 Å². The molecule has 2 aliphatic rings. The van der Waals surface area contributed by atoms with Gasteiger partial charge in [-0.1, -0.05) is 0 Å². The number of fused-ring (bicyclic) bond motifs is 2. The van der Waals surface area contributed by atoms with E-state index in [-0.39, 0.29) is 0 Å². The summed E-state index contributed by atoms with van der Waals surface area (Å²) in [6.45, 7) is 0. The second-order valence-electron chi connectivity index (χ2n) is 3.92. The Labute approximate surface area is 86.9 Å². The third-order valence-corrected chi connectivity index (χ3v) is 3.84. The topological polar surface area (TPSA) is 47.0 Å². The lowest BCUT2D eigenvalue weighted by Crippen LogP contribution is -2.15. The number of ether oxygens (including phenoxy) is 1. The molecule has 1 N–H and O–H groups in total. The first-order valence-electron chi connectivity index (χ1n) is 5.03. The number of nitrogens with zero attached hydrogens (tertiary/aromatic N) is 2. The van der Waals surface area contributed by atoms with Crippen LogP contribution in [0.15, 0.2) is 0 Å². The van der Waals surface area contributed by atoms with Gasteiger partial charge in [0, 0.05) is 24.5 Å². The van der Waals surface area contributed by atoms with Crippen molar-refractivity contribution in [2.24, 2.45) is 0 Å². The molecule has 2 fully saturated rings. The van der Waals surface area contributed by atoms with E-state index in [4.69, 9.17) is 4.74 Å². The molecule has 2 aliphatic heterocycles. The van der Waals surface area contributed by atoms with E-state index in [1.54, 1.807) is 0 Å². The lowest BCUT2D eigenvalue weighted by molar-refractivity contribution is 0.1000. The Morgan fingerprint density at radius 1 is 1.50 bits per heavy atom. The van der Waals surface area contributed by atoms with E-state index in [1.807, 2.05) is 7.05 Å². The minimum absolute atomic E-state index is 0.388. The number of hydrogen-bond donors (Lipinski definition) is 1. The van der Waals surface area contributed by atoms with Gasteiger partial charge in [0.15, 0.2) is 0 Å². The van der Waals surface area contributed by atoms with Crippen molar-refractivity contribution in [2.45, 2.75) is 37.4 Å². The molecule has 0 spiro atoms. The van der Waals surface area contributed by atoms with Crippen LogP contribution in [-0.2, 0) is 4.74 Å². The van der Waals surface area contributed by atoms with Gasteiger partial charge >= 0.3 is 0 Å². The maximum atomic E-state index is 5.79. The van der Waals surface area contributed by atoms with E-state index < -0.39 is 0 Å². The van der Waals surface area contributed by atoms with Crippen LogP contribution in [0, 0.1) is 0 Å². The summed E-state index contributed by atoms with van der Waals surface area (Å²) in [4.78, 5) is 4.45. The fraction of sp³-hybridized carbons (Fsp3) is 0.778. The third kappa shape index (κ3) is 1.23. The van der Waals surface area contributed by atoms with Gasteiger partial charge < -0.3 is 10.1 Å². The van der Waals surface area contributed by atoms with Gasteiger partial charge in [0.1, 0.15) is 5.82 Å². The van der Waals surface area contributed by atoms with Gasteiger partial charge in [0.25, 0.3) is 0 Å². The molecule has 0 radical (unpaired) electrons. The standard InChI is InChI=1S/C9H13N3OS/c1-10-9-11-8(12-14-9)6-4-5-2-3-7(6)13-5/h5-7H,2-4H2,1H3,(H,10,11,12). The smallest absolute Gasteiger partial charge is 0.202 e. The predicted molar refractivity (Wildman–Crippen MR) is 54.7 cm³/mol. The normalized spacial score (nSPS) is 35.1. The highest BCUT2D eigenvalue weighted by atomic mass is 32.1. The number of aromatic nitrogens is 2. The van der Waals surface area contributed by atoms with Crippen molar-refractivity contribution in [1.29, 1.82) is 0 Å². The predicted octanol–water partition coefficient (Wildman–Crippen LogP) is 1.61. The van der Waals surface area contributed by atoms with Gasteiger partial charge in [0.05, 0.1) is 12.2 Å². The fourth-order valence-corrected chi connectivity index (χ4v) is 2.98. The average molecular weight is 211 g/mol. The van der Waals surface area contributed by atoms with E-state index in [1.165, 1.54) is 24.4 Å². The summed E-state index contributed by atoms with van der Waals surface area (Å²) in [5.74, 6) is 1.43. The minimum atomic E-state index is 0.388. The minimum Gasteiger partial charge on any atom is -0.374 e.